The molecular formula is C8H9ClN2O. The summed E-state index contributed by atoms with van der Waals surface area (Å²) in [6.45, 7) is 7.24. The van der Waals surface area contributed by atoms with Gasteiger partial charge in [-0.2, -0.15) is 5.10 Å². The molecule has 0 aromatic carbocycles. The number of nitrogens with zero attached hydrogens (tertiary/aromatic N) is 2. The molecule has 0 radical (unpaired) electrons. The van der Waals surface area contributed by atoms with Crippen molar-refractivity contribution in [2.75, 3.05) is 7.11 Å². The maximum Gasteiger partial charge on any atom is 0.138 e. The number of aromatic nitrogens is 2. The summed E-state index contributed by atoms with van der Waals surface area (Å²) in [7, 11) is 1.53. The second kappa shape index (κ2) is 3.45. The quantitative estimate of drug-likeness (QED) is 0.674. The van der Waals surface area contributed by atoms with Gasteiger partial charge < -0.3 is 4.74 Å². The molecule has 1 heterocycles. The summed E-state index contributed by atoms with van der Waals surface area (Å²) < 4.78 is 6.44. The summed E-state index contributed by atoms with van der Waals surface area (Å²) in [5, 5.41) is 4.43. The first kappa shape index (κ1) is 8.87. The topological polar surface area (TPSA) is 27.1 Å². The third kappa shape index (κ3) is 1.36. The molecule has 1 aromatic heterocycles. The molecule has 0 saturated carbocycles. The zero-order valence-electron chi connectivity index (χ0n) is 6.75. The van der Waals surface area contributed by atoms with Crippen LogP contribution in [0.2, 0.25) is 5.02 Å². The van der Waals surface area contributed by atoms with Crippen molar-refractivity contribution in [2.45, 2.75) is 0 Å². The Morgan fingerprint density at radius 3 is 3.00 bits per heavy atom. The standard InChI is InChI=1S/C8H9ClN2O/c1-4-11-8(6(2)12-3)7(9)5-10-11/h4-5H,1-2H2,3H3. The monoisotopic (exact) mass is 184 g/mol. The van der Waals surface area contributed by atoms with Crippen molar-refractivity contribution < 1.29 is 4.74 Å². The first-order valence-corrected chi connectivity index (χ1v) is 3.67. The average Bonchev–Trinajstić information content (AvgIpc) is 2.45. The first-order valence-electron chi connectivity index (χ1n) is 3.29. The molecule has 1 aromatic rings. The molecule has 3 nitrogen and oxygen atoms in total. The summed E-state index contributed by atoms with van der Waals surface area (Å²) in [6, 6.07) is 0. The average molecular weight is 185 g/mol. The van der Waals surface area contributed by atoms with Crippen LogP contribution in [0.4, 0.5) is 0 Å². The minimum atomic E-state index is 0.470. The summed E-state index contributed by atoms with van der Waals surface area (Å²) in [5.41, 5.74) is 0.633. The van der Waals surface area contributed by atoms with Crippen molar-refractivity contribution in [1.82, 2.24) is 9.78 Å². The van der Waals surface area contributed by atoms with Gasteiger partial charge in [0.25, 0.3) is 0 Å². The minimum Gasteiger partial charge on any atom is -0.495 e. The minimum absolute atomic E-state index is 0.470. The number of hydrogen-bond donors (Lipinski definition) is 0. The van der Waals surface area contributed by atoms with Gasteiger partial charge in [0.15, 0.2) is 0 Å². The first-order chi connectivity index (χ1) is 5.70. The summed E-state index contributed by atoms with van der Waals surface area (Å²) in [6.07, 6.45) is 3.05. The highest BCUT2D eigenvalue weighted by atomic mass is 35.5. The smallest absolute Gasteiger partial charge is 0.138 e. The molecule has 64 valence electrons. The van der Waals surface area contributed by atoms with Crippen LogP contribution in [0.15, 0.2) is 19.4 Å². The number of rotatable bonds is 3. The molecule has 1 rings (SSSR count). The van der Waals surface area contributed by atoms with Gasteiger partial charge in [-0.1, -0.05) is 24.8 Å². The second-order valence-corrected chi connectivity index (χ2v) is 2.50. The van der Waals surface area contributed by atoms with E-state index in [4.69, 9.17) is 16.3 Å². The van der Waals surface area contributed by atoms with Gasteiger partial charge in [-0.05, 0) is 0 Å². The van der Waals surface area contributed by atoms with E-state index in [9.17, 15) is 0 Å². The van der Waals surface area contributed by atoms with Crippen LogP contribution in [0, 0.1) is 0 Å². The fourth-order valence-electron chi connectivity index (χ4n) is 0.837. The van der Waals surface area contributed by atoms with Crippen LogP contribution in [0.1, 0.15) is 5.69 Å². The van der Waals surface area contributed by atoms with Crippen LogP contribution in [0.5, 0.6) is 0 Å². The Labute approximate surface area is 75.9 Å². The molecule has 0 N–H and O–H groups in total. The lowest BCUT2D eigenvalue weighted by Gasteiger charge is -2.04. The molecule has 0 bridgehead atoms. The molecule has 4 heteroatoms. The molecule has 0 aliphatic rings. The van der Waals surface area contributed by atoms with E-state index in [0.29, 0.717) is 16.5 Å². The number of hydrogen-bond acceptors (Lipinski definition) is 2. The van der Waals surface area contributed by atoms with Crippen LogP contribution >= 0.6 is 11.6 Å². The van der Waals surface area contributed by atoms with E-state index in [2.05, 4.69) is 18.3 Å². The van der Waals surface area contributed by atoms with Crippen molar-refractivity contribution >= 4 is 23.6 Å². The molecule has 0 amide bonds. The van der Waals surface area contributed by atoms with Gasteiger partial charge in [0, 0.05) is 6.20 Å². The summed E-state index contributed by atoms with van der Waals surface area (Å²) >= 11 is 5.83. The van der Waals surface area contributed by atoms with Gasteiger partial charge >= 0.3 is 0 Å². The summed E-state index contributed by atoms with van der Waals surface area (Å²) in [4.78, 5) is 0. The zero-order chi connectivity index (χ0) is 9.14. The maximum absolute atomic E-state index is 5.83. The lowest BCUT2D eigenvalue weighted by atomic mass is 10.4. The van der Waals surface area contributed by atoms with E-state index in [1.54, 1.807) is 0 Å². The highest BCUT2D eigenvalue weighted by Gasteiger charge is 2.10. The molecule has 0 unspecified atom stereocenters. The van der Waals surface area contributed by atoms with Crippen LogP contribution in [0.25, 0.3) is 12.0 Å². The van der Waals surface area contributed by atoms with Gasteiger partial charge in [-0.25, -0.2) is 4.68 Å². The highest BCUT2D eigenvalue weighted by Crippen LogP contribution is 2.22. The van der Waals surface area contributed by atoms with Crippen molar-refractivity contribution in [3.8, 4) is 0 Å². The van der Waals surface area contributed by atoms with E-state index in [-0.39, 0.29) is 0 Å². The van der Waals surface area contributed by atoms with E-state index in [1.807, 2.05) is 0 Å². The van der Waals surface area contributed by atoms with Crippen LogP contribution in [0.3, 0.4) is 0 Å². The summed E-state index contributed by atoms with van der Waals surface area (Å²) in [5.74, 6) is 0.470. The van der Waals surface area contributed by atoms with E-state index in [0.717, 1.165) is 0 Å². The fraction of sp³-hybridized carbons (Fsp3) is 0.125. The van der Waals surface area contributed by atoms with Crippen molar-refractivity contribution in [2.24, 2.45) is 0 Å². The number of methoxy groups -OCH3 is 1. The van der Waals surface area contributed by atoms with Crippen molar-refractivity contribution in [3.05, 3.63) is 30.1 Å². The Kier molecular flexibility index (Phi) is 2.55. The zero-order valence-corrected chi connectivity index (χ0v) is 7.51. The molecule has 0 saturated heterocycles. The predicted molar refractivity (Wildman–Crippen MR) is 49.7 cm³/mol. The maximum atomic E-state index is 5.83. The van der Waals surface area contributed by atoms with Gasteiger partial charge in [-0.3, -0.25) is 0 Å². The van der Waals surface area contributed by atoms with Crippen LogP contribution in [-0.4, -0.2) is 16.9 Å². The van der Waals surface area contributed by atoms with Crippen molar-refractivity contribution in [1.29, 1.82) is 0 Å². The molecule has 0 atom stereocenters. The van der Waals surface area contributed by atoms with E-state index in [1.165, 1.54) is 24.2 Å². The highest BCUT2D eigenvalue weighted by molar-refractivity contribution is 6.32. The molecular weight excluding hydrogens is 176 g/mol. The lowest BCUT2D eigenvalue weighted by Crippen LogP contribution is -1.96. The van der Waals surface area contributed by atoms with Crippen LogP contribution in [-0.2, 0) is 4.74 Å². The molecule has 0 aliphatic carbocycles. The Bertz CT molecular complexity index is 317. The SMILES string of the molecule is C=Cn1ncc(Cl)c1C(=C)OC. The third-order valence-corrected chi connectivity index (χ3v) is 1.71. The Morgan fingerprint density at radius 1 is 1.83 bits per heavy atom. The van der Waals surface area contributed by atoms with Gasteiger partial charge in [0.1, 0.15) is 11.5 Å². The molecule has 0 aliphatic heterocycles. The van der Waals surface area contributed by atoms with E-state index >= 15 is 0 Å². The molecule has 0 fully saturated rings. The third-order valence-electron chi connectivity index (χ3n) is 1.43. The van der Waals surface area contributed by atoms with Crippen LogP contribution < -0.4 is 0 Å². The second-order valence-electron chi connectivity index (χ2n) is 2.10. The van der Waals surface area contributed by atoms with Gasteiger partial charge in [0.2, 0.25) is 0 Å². The normalized spacial score (nSPS) is 9.50. The Hall–Kier alpha value is -1.22. The Morgan fingerprint density at radius 2 is 2.50 bits per heavy atom. The number of halogens is 1. The fourth-order valence-corrected chi connectivity index (χ4v) is 1.07. The Balaban J connectivity index is 3.18. The van der Waals surface area contributed by atoms with Crippen molar-refractivity contribution in [3.63, 3.8) is 0 Å². The number of ether oxygens (including phenoxy) is 1. The molecule has 12 heavy (non-hydrogen) atoms. The van der Waals surface area contributed by atoms with Gasteiger partial charge in [0.05, 0.1) is 18.3 Å². The lowest BCUT2D eigenvalue weighted by molar-refractivity contribution is 0.368. The van der Waals surface area contributed by atoms with E-state index < -0.39 is 0 Å². The molecule has 0 spiro atoms. The van der Waals surface area contributed by atoms with Gasteiger partial charge in [-0.15, -0.1) is 0 Å². The predicted octanol–water partition coefficient (Wildman–Crippen LogP) is 2.25. The largest absolute Gasteiger partial charge is 0.495 e.